The summed E-state index contributed by atoms with van der Waals surface area (Å²) in [5.74, 6) is -1.69. The average Bonchev–Trinajstić information content (AvgIpc) is 3.24. The first kappa shape index (κ1) is 21.3. The molecule has 154 valence electrons. The zero-order chi connectivity index (χ0) is 21.0. The number of sulfonamides is 1. The van der Waals surface area contributed by atoms with Crippen LogP contribution in [0.5, 0.6) is 5.75 Å². The first-order valence-corrected chi connectivity index (χ1v) is 11.1. The van der Waals surface area contributed by atoms with Gasteiger partial charge in [0, 0.05) is 23.2 Å². The molecule has 0 spiro atoms. The van der Waals surface area contributed by atoms with Crippen molar-refractivity contribution in [2.75, 3.05) is 25.0 Å². The standard InChI is InChI=1S/C19H19BrN2O6S/c20-13-3-8-17(23)16(11-13)19(25)28-12-18(24)21-14-4-6-15(7-5-14)29(26,27)22-9-1-2-10-22/h3-8,11,23H,1-2,9-10,12H2,(H,21,24). The van der Waals surface area contributed by atoms with Gasteiger partial charge in [0.15, 0.2) is 6.61 Å². The van der Waals surface area contributed by atoms with Crippen molar-refractivity contribution in [3.63, 3.8) is 0 Å². The highest BCUT2D eigenvalue weighted by atomic mass is 79.9. The maximum absolute atomic E-state index is 12.5. The van der Waals surface area contributed by atoms with Crippen LogP contribution >= 0.6 is 15.9 Å². The van der Waals surface area contributed by atoms with Crippen molar-refractivity contribution < 1.29 is 27.9 Å². The second-order valence-corrected chi connectivity index (χ2v) is 9.27. The lowest BCUT2D eigenvalue weighted by molar-refractivity contribution is -0.119. The third-order valence-corrected chi connectivity index (χ3v) is 6.76. The van der Waals surface area contributed by atoms with Crippen molar-refractivity contribution >= 4 is 43.5 Å². The minimum atomic E-state index is -3.52. The number of esters is 1. The van der Waals surface area contributed by atoms with Crippen LogP contribution in [0.4, 0.5) is 5.69 Å². The number of phenols is 1. The number of rotatable bonds is 6. The number of ether oxygens (including phenoxy) is 1. The predicted molar refractivity (Wildman–Crippen MR) is 109 cm³/mol. The van der Waals surface area contributed by atoms with Gasteiger partial charge in [-0.2, -0.15) is 4.31 Å². The van der Waals surface area contributed by atoms with Gasteiger partial charge in [0.05, 0.1) is 4.90 Å². The van der Waals surface area contributed by atoms with E-state index in [-0.39, 0.29) is 16.2 Å². The topological polar surface area (TPSA) is 113 Å². The normalized spacial score (nSPS) is 14.5. The van der Waals surface area contributed by atoms with Crippen molar-refractivity contribution in [2.45, 2.75) is 17.7 Å². The molecule has 8 nitrogen and oxygen atoms in total. The maximum Gasteiger partial charge on any atom is 0.342 e. The monoisotopic (exact) mass is 482 g/mol. The van der Waals surface area contributed by atoms with Crippen molar-refractivity contribution in [2.24, 2.45) is 0 Å². The largest absolute Gasteiger partial charge is 0.507 e. The van der Waals surface area contributed by atoms with Gasteiger partial charge in [-0.3, -0.25) is 4.79 Å². The number of aromatic hydroxyl groups is 1. The number of hydrogen-bond acceptors (Lipinski definition) is 6. The molecule has 0 unspecified atom stereocenters. The molecule has 1 amide bonds. The molecule has 1 aliphatic heterocycles. The second kappa shape index (κ2) is 8.93. The lowest BCUT2D eigenvalue weighted by atomic mass is 10.2. The minimum absolute atomic E-state index is 0.0661. The van der Waals surface area contributed by atoms with E-state index >= 15 is 0 Å². The molecule has 2 N–H and O–H groups in total. The Morgan fingerprint density at radius 3 is 2.41 bits per heavy atom. The molecular formula is C19H19BrN2O6S. The molecule has 0 saturated carbocycles. The van der Waals surface area contributed by atoms with Gasteiger partial charge in [0.2, 0.25) is 10.0 Å². The molecule has 2 aromatic rings. The highest BCUT2D eigenvalue weighted by molar-refractivity contribution is 9.10. The van der Waals surface area contributed by atoms with Crippen molar-refractivity contribution in [3.8, 4) is 5.75 Å². The Labute approximate surface area is 176 Å². The molecule has 0 bridgehead atoms. The van der Waals surface area contributed by atoms with Gasteiger partial charge < -0.3 is 15.2 Å². The van der Waals surface area contributed by atoms with Crippen molar-refractivity contribution in [3.05, 3.63) is 52.5 Å². The summed E-state index contributed by atoms with van der Waals surface area (Å²) < 4.78 is 31.9. The Kier molecular flexibility index (Phi) is 6.56. The zero-order valence-corrected chi connectivity index (χ0v) is 17.7. The molecule has 0 atom stereocenters. The molecule has 29 heavy (non-hydrogen) atoms. The van der Waals surface area contributed by atoms with E-state index in [1.807, 2.05) is 0 Å². The summed E-state index contributed by atoms with van der Waals surface area (Å²) in [6.07, 6.45) is 1.70. The number of anilines is 1. The molecule has 1 fully saturated rings. The van der Waals surface area contributed by atoms with Gasteiger partial charge in [-0.1, -0.05) is 15.9 Å². The summed E-state index contributed by atoms with van der Waals surface area (Å²) in [5.41, 5.74) is 0.306. The van der Waals surface area contributed by atoms with E-state index in [0.29, 0.717) is 23.2 Å². The van der Waals surface area contributed by atoms with Crippen LogP contribution in [0.2, 0.25) is 0 Å². The number of carbonyl (C=O) groups excluding carboxylic acids is 2. The third kappa shape index (κ3) is 5.14. The van der Waals surface area contributed by atoms with Crippen LogP contribution in [0.25, 0.3) is 0 Å². The first-order chi connectivity index (χ1) is 13.8. The summed E-state index contributed by atoms with van der Waals surface area (Å²) >= 11 is 3.19. The number of nitrogens with one attached hydrogen (secondary N) is 1. The number of halogens is 1. The van der Waals surface area contributed by atoms with E-state index < -0.39 is 28.5 Å². The summed E-state index contributed by atoms with van der Waals surface area (Å²) in [6, 6.07) is 10.1. The van der Waals surface area contributed by atoms with E-state index in [1.165, 1.54) is 40.7 Å². The number of benzene rings is 2. The predicted octanol–water partition coefficient (Wildman–Crippen LogP) is 2.73. The first-order valence-electron chi connectivity index (χ1n) is 8.83. The van der Waals surface area contributed by atoms with Crippen LogP contribution < -0.4 is 5.32 Å². The minimum Gasteiger partial charge on any atom is -0.507 e. The van der Waals surface area contributed by atoms with E-state index in [0.717, 1.165) is 12.8 Å². The second-order valence-electron chi connectivity index (χ2n) is 6.42. The SMILES string of the molecule is O=C(COC(=O)c1cc(Br)ccc1O)Nc1ccc(S(=O)(=O)N2CCCC2)cc1. The molecule has 2 aromatic carbocycles. The van der Waals surface area contributed by atoms with Gasteiger partial charge in [0.1, 0.15) is 11.3 Å². The van der Waals surface area contributed by atoms with E-state index in [4.69, 9.17) is 4.74 Å². The van der Waals surface area contributed by atoms with E-state index in [9.17, 15) is 23.1 Å². The van der Waals surface area contributed by atoms with Crippen LogP contribution in [0.3, 0.4) is 0 Å². The van der Waals surface area contributed by atoms with Gasteiger partial charge in [0.25, 0.3) is 5.91 Å². The summed E-state index contributed by atoms with van der Waals surface area (Å²) in [7, 11) is -3.52. The Hall–Kier alpha value is -2.43. The average molecular weight is 483 g/mol. The van der Waals surface area contributed by atoms with E-state index in [1.54, 1.807) is 6.07 Å². The van der Waals surface area contributed by atoms with Gasteiger partial charge in [-0.25, -0.2) is 13.2 Å². The molecule has 1 heterocycles. The summed E-state index contributed by atoms with van der Waals surface area (Å²) in [6.45, 7) is 0.470. The Morgan fingerprint density at radius 1 is 1.10 bits per heavy atom. The number of phenolic OH excluding ortho intramolecular Hbond substituents is 1. The number of carbonyl (C=O) groups is 2. The highest BCUT2D eigenvalue weighted by Gasteiger charge is 2.27. The van der Waals surface area contributed by atoms with Crippen molar-refractivity contribution in [1.82, 2.24) is 4.31 Å². The fraction of sp³-hybridized carbons (Fsp3) is 0.263. The number of amides is 1. The van der Waals surface area contributed by atoms with Crippen LogP contribution in [-0.2, 0) is 19.6 Å². The smallest absolute Gasteiger partial charge is 0.342 e. The molecule has 1 aliphatic rings. The third-order valence-electron chi connectivity index (χ3n) is 4.35. The molecule has 1 saturated heterocycles. The molecular weight excluding hydrogens is 464 g/mol. The Bertz CT molecular complexity index is 1020. The number of nitrogens with zero attached hydrogens (tertiary/aromatic N) is 1. The van der Waals surface area contributed by atoms with Crippen molar-refractivity contribution in [1.29, 1.82) is 0 Å². The molecule has 3 rings (SSSR count). The fourth-order valence-electron chi connectivity index (χ4n) is 2.87. The zero-order valence-electron chi connectivity index (χ0n) is 15.3. The summed E-state index contributed by atoms with van der Waals surface area (Å²) in [4.78, 5) is 24.2. The molecule has 0 radical (unpaired) electrons. The van der Waals surface area contributed by atoms with Gasteiger partial charge >= 0.3 is 5.97 Å². The molecule has 0 aromatic heterocycles. The van der Waals surface area contributed by atoms with Gasteiger partial charge in [-0.05, 0) is 55.3 Å². The molecule has 10 heteroatoms. The van der Waals surface area contributed by atoms with Crippen LogP contribution in [0.1, 0.15) is 23.2 Å². The fourth-order valence-corrected chi connectivity index (χ4v) is 4.74. The lowest BCUT2D eigenvalue weighted by Gasteiger charge is -2.15. The van der Waals surface area contributed by atoms with Crippen LogP contribution in [0.15, 0.2) is 51.8 Å². The highest BCUT2D eigenvalue weighted by Crippen LogP contribution is 2.23. The number of hydrogen-bond donors (Lipinski definition) is 2. The van der Waals surface area contributed by atoms with Crippen LogP contribution in [-0.4, -0.2) is 49.4 Å². The van der Waals surface area contributed by atoms with Gasteiger partial charge in [-0.15, -0.1) is 0 Å². The summed E-state index contributed by atoms with van der Waals surface area (Å²) in [5, 5.41) is 12.2. The Morgan fingerprint density at radius 2 is 1.76 bits per heavy atom. The van der Waals surface area contributed by atoms with E-state index in [2.05, 4.69) is 21.2 Å². The molecule has 0 aliphatic carbocycles. The quantitative estimate of drug-likeness (QED) is 0.611. The maximum atomic E-state index is 12.5. The lowest BCUT2D eigenvalue weighted by Crippen LogP contribution is -2.27. The Balaban J connectivity index is 1.57. The van der Waals surface area contributed by atoms with Crippen LogP contribution in [0, 0.1) is 0 Å².